The van der Waals surface area contributed by atoms with Gasteiger partial charge in [0.25, 0.3) is 5.91 Å². The number of nitrogens with two attached hydrogens (primary N) is 1. The first-order valence-corrected chi connectivity index (χ1v) is 12.9. The average molecular weight is 567 g/mol. The van der Waals surface area contributed by atoms with Gasteiger partial charge in [-0.2, -0.15) is 5.10 Å². The number of anilines is 2. The number of benzene rings is 2. The molecule has 0 unspecified atom stereocenters. The highest BCUT2D eigenvalue weighted by molar-refractivity contribution is 6.34. The van der Waals surface area contributed by atoms with Gasteiger partial charge in [-0.1, -0.05) is 24.4 Å². The predicted octanol–water partition coefficient (Wildman–Crippen LogP) is 6.23. The summed E-state index contributed by atoms with van der Waals surface area (Å²) in [7, 11) is 1.49. The first-order chi connectivity index (χ1) is 19.2. The Morgan fingerprint density at radius 2 is 1.75 bits per heavy atom. The molecule has 4 aromatic rings. The number of pyridine rings is 1. The van der Waals surface area contributed by atoms with Crippen LogP contribution in [0.2, 0.25) is 5.02 Å². The Balaban J connectivity index is 1.54. The largest absolute Gasteiger partial charge is 0.457 e. The molecule has 5 rings (SSSR count). The second kappa shape index (κ2) is 11.3. The van der Waals surface area contributed by atoms with Crippen molar-refractivity contribution in [3.8, 4) is 17.2 Å². The van der Waals surface area contributed by atoms with E-state index in [1.807, 2.05) is 0 Å². The van der Waals surface area contributed by atoms with E-state index in [1.165, 1.54) is 36.1 Å². The molecular formula is C28H25ClF2N6O3. The zero-order valence-corrected chi connectivity index (χ0v) is 22.2. The van der Waals surface area contributed by atoms with Gasteiger partial charge < -0.3 is 15.8 Å². The topological polar surface area (TPSA) is 115 Å². The maximum Gasteiger partial charge on any atom is 0.325 e. The molecule has 0 atom stereocenters. The minimum Gasteiger partial charge on any atom is -0.457 e. The summed E-state index contributed by atoms with van der Waals surface area (Å²) < 4.78 is 35.5. The lowest BCUT2D eigenvalue weighted by atomic mass is 10.0. The standard InChI is InChI=1S/C28H25ClF2N6O3/c1-33-27(38)24-14-21(8-9-34-24)40-20-6-7-25(22(29)13-20)36(28(32)39)26-15-23(16-4-2-3-5-16)35-37(26)19-11-17(30)10-18(31)12-19/h6-16H,2-5H2,1H3,(H2,32,39)(H,33,38). The summed E-state index contributed by atoms with van der Waals surface area (Å²) in [6.45, 7) is 0. The molecule has 40 heavy (non-hydrogen) atoms. The number of amides is 3. The van der Waals surface area contributed by atoms with Crippen molar-refractivity contribution in [2.45, 2.75) is 31.6 Å². The Hall–Kier alpha value is -4.51. The minimum atomic E-state index is -0.879. The third-order valence-electron chi connectivity index (χ3n) is 6.61. The van der Waals surface area contributed by atoms with Crippen LogP contribution in [-0.4, -0.2) is 33.8 Å². The Kier molecular flexibility index (Phi) is 7.65. The fourth-order valence-corrected chi connectivity index (χ4v) is 5.03. The number of carbonyl (C=O) groups excluding carboxylic acids is 2. The van der Waals surface area contributed by atoms with E-state index in [0.717, 1.165) is 48.8 Å². The molecule has 9 nitrogen and oxygen atoms in total. The quantitative estimate of drug-likeness (QED) is 0.275. The number of urea groups is 1. The highest BCUT2D eigenvalue weighted by Crippen LogP contribution is 2.40. The molecule has 3 amide bonds. The van der Waals surface area contributed by atoms with Crippen LogP contribution in [0.4, 0.5) is 25.1 Å². The van der Waals surface area contributed by atoms with Gasteiger partial charge >= 0.3 is 6.03 Å². The fourth-order valence-electron chi connectivity index (χ4n) is 4.77. The van der Waals surface area contributed by atoms with Gasteiger partial charge in [-0.05, 0) is 43.2 Å². The number of halogens is 3. The Labute approximate surface area is 233 Å². The molecule has 2 aromatic heterocycles. The first kappa shape index (κ1) is 27.1. The van der Waals surface area contributed by atoms with Crippen LogP contribution in [0.1, 0.15) is 47.8 Å². The van der Waals surface area contributed by atoms with E-state index in [2.05, 4.69) is 15.4 Å². The van der Waals surface area contributed by atoms with E-state index in [-0.39, 0.29) is 39.7 Å². The first-order valence-electron chi connectivity index (χ1n) is 12.5. The molecule has 0 bridgehead atoms. The van der Waals surface area contributed by atoms with Crippen LogP contribution < -0.4 is 20.7 Å². The van der Waals surface area contributed by atoms with Crippen molar-refractivity contribution in [2.24, 2.45) is 5.73 Å². The maximum atomic E-state index is 14.2. The van der Waals surface area contributed by atoms with Crippen LogP contribution in [0.5, 0.6) is 11.5 Å². The number of carbonyl (C=O) groups is 2. The van der Waals surface area contributed by atoms with E-state index in [4.69, 9.17) is 22.1 Å². The van der Waals surface area contributed by atoms with Crippen molar-refractivity contribution in [1.29, 1.82) is 0 Å². The number of rotatable bonds is 7. The molecule has 0 radical (unpaired) electrons. The third-order valence-corrected chi connectivity index (χ3v) is 6.91. The second-order valence-corrected chi connectivity index (χ2v) is 9.70. The zero-order valence-electron chi connectivity index (χ0n) is 21.4. The van der Waals surface area contributed by atoms with Gasteiger partial charge in [0.1, 0.15) is 34.6 Å². The van der Waals surface area contributed by atoms with E-state index >= 15 is 0 Å². The molecule has 3 N–H and O–H groups in total. The molecular weight excluding hydrogens is 542 g/mol. The van der Waals surface area contributed by atoms with Crippen molar-refractivity contribution >= 4 is 35.0 Å². The Morgan fingerprint density at radius 3 is 2.40 bits per heavy atom. The number of hydrogen-bond acceptors (Lipinski definition) is 5. The number of ether oxygens (including phenoxy) is 1. The zero-order chi connectivity index (χ0) is 28.4. The molecule has 1 aliphatic rings. The van der Waals surface area contributed by atoms with Crippen LogP contribution in [-0.2, 0) is 0 Å². The average Bonchev–Trinajstić information content (AvgIpc) is 3.60. The Bertz CT molecular complexity index is 1570. The maximum absolute atomic E-state index is 14.2. The summed E-state index contributed by atoms with van der Waals surface area (Å²) >= 11 is 6.62. The van der Waals surface area contributed by atoms with Gasteiger partial charge in [0.2, 0.25) is 0 Å². The Morgan fingerprint density at radius 1 is 1.05 bits per heavy atom. The molecule has 206 valence electrons. The summed E-state index contributed by atoms with van der Waals surface area (Å²) in [6.07, 6.45) is 5.33. The van der Waals surface area contributed by atoms with Crippen molar-refractivity contribution in [3.05, 3.63) is 88.8 Å². The molecule has 1 aliphatic carbocycles. The SMILES string of the molecule is CNC(=O)c1cc(Oc2ccc(N(C(N)=O)c3cc(C4CCCC4)nn3-c3cc(F)cc(F)c3)c(Cl)c2)ccn1. The van der Waals surface area contributed by atoms with Crippen molar-refractivity contribution < 1.29 is 23.1 Å². The van der Waals surface area contributed by atoms with Gasteiger partial charge in [-0.25, -0.2) is 23.2 Å². The van der Waals surface area contributed by atoms with Crippen molar-refractivity contribution in [2.75, 3.05) is 11.9 Å². The predicted molar refractivity (Wildman–Crippen MR) is 146 cm³/mol. The number of hydrogen-bond donors (Lipinski definition) is 2. The van der Waals surface area contributed by atoms with Gasteiger partial charge in [0, 0.05) is 43.4 Å². The molecule has 2 heterocycles. The van der Waals surface area contributed by atoms with Crippen molar-refractivity contribution in [1.82, 2.24) is 20.1 Å². The lowest BCUT2D eigenvalue weighted by molar-refractivity contribution is 0.0957. The van der Waals surface area contributed by atoms with Crippen LogP contribution >= 0.6 is 11.6 Å². The monoisotopic (exact) mass is 566 g/mol. The number of nitrogens with one attached hydrogen (secondary N) is 1. The number of nitrogens with zero attached hydrogens (tertiary/aromatic N) is 4. The molecule has 0 spiro atoms. The summed E-state index contributed by atoms with van der Waals surface area (Å²) in [4.78, 5) is 29.9. The summed E-state index contributed by atoms with van der Waals surface area (Å²) in [5.74, 6) is -0.975. The number of aromatic nitrogens is 3. The van der Waals surface area contributed by atoms with Crippen LogP contribution in [0.25, 0.3) is 5.69 Å². The lowest BCUT2D eigenvalue weighted by Crippen LogP contribution is -2.33. The van der Waals surface area contributed by atoms with Gasteiger partial charge in [-0.3, -0.25) is 9.78 Å². The van der Waals surface area contributed by atoms with Crippen LogP contribution in [0.3, 0.4) is 0 Å². The molecule has 0 aliphatic heterocycles. The lowest BCUT2D eigenvalue weighted by Gasteiger charge is -2.23. The highest BCUT2D eigenvalue weighted by atomic mass is 35.5. The van der Waals surface area contributed by atoms with Crippen molar-refractivity contribution in [3.63, 3.8) is 0 Å². The van der Waals surface area contributed by atoms with E-state index < -0.39 is 17.7 Å². The number of primary amides is 1. The molecule has 0 saturated heterocycles. The minimum absolute atomic E-state index is 0.0867. The van der Waals surface area contributed by atoms with E-state index in [0.29, 0.717) is 17.2 Å². The van der Waals surface area contributed by atoms with Gasteiger partial charge in [-0.15, -0.1) is 0 Å². The normalized spacial score (nSPS) is 13.3. The van der Waals surface area contributed by atoms with Crippen LogP contribution in [0, 0.1) is 11.6 Å². The fraction of sp³-hybridized carbons (Fsp3) is 0.214. The summed E-state index contributed by atoms with van der Waals surface area (Å²) in [5, 5.41) is 7.24. The molecule has 2 aromatic carbocycles. The highest BCUT2D eigenvalue weighted by Gasteiger charge is 2.28. The molecule has 1 fully saturated rings. The van der Waals surface area contributed by atoms with E-state index in [9.17, 15) is 18.4 Å². The molecule has 1 saturated carbocycles. The second-order valence-electron chi connectivity index (χ2n) is 9.29. The molecule has 12 heteroatoms. The van der Waals surface area contributed by atoms with Gasteiger partial charge in [0.05, 0.1) is 22.1 Å². The van der Waals surface area contributed by atoms with Gasteiger partial charge in [0.15, 0.2) is 0 Å². The third kappa shape index (κ3) is 5.59. The van der Waals surface area contributed by atoms with E-state index in [1.54, 1.807) is 18.2 Å². The summed E-state index contributed by atoms with van der Waals surface area (Å²) in [5.41, 5.74) is 6.97. The summed E-state index contributed by atoms with van der Waals surface area (Å²) in [6, 6.07) is 11.4. The van der Waals surface area contributed by atoms with Crippen LogP contribution in [0.15, 0.2) is 60.8 Å². The smallest absolute Gasteiger partial charge is 0.325 e.